The highest BCUT2D eigenvalue weighted by molar-refractivity contribution is 7.21. The van der Waals surface area contributed by atoms with E-state index in [2.05, 4.69) is 15.3 Å². The molecular formula is C27H33F3N6O4S. The number of nitrogens with zero attached hydrogens (tertiary/aromatic N) is 5. The number of ether oxygens (including phenoxy) is 3. The fourth-order valence-electron chi connectivity index (χ4n) is 4.77. The second kappa shape index (κ2) is 11.5. The number of anilines is 2. The number of carbonyl (C=O) groups is 1. The maximum atomic E-state index is 13.4. The van der Waals surface area contributed by atoms with Crippen molar-refractivity contribution in [3.8, 4) is 16.5 Å². The molecule has 0 unspecified atom stereocenters. The average Bonchev–Trinajstić information content (AvgIpc) is 3.35. The second-order valence-corrected chi connectivity index (χ2v) is 12.0. The molecule has 2 saturated heterocycles. The van der Waals surface area contributed by atoms with Crippen LogP contribution in [-0.2, 0) is 15.7 Å². The first-order valence-corrected chi connectivity index (χ1v) is 14.2. The number of morpholine rings is 1. The number of aromatic nitrogens is 3. The number of piperidine rings is 1. The van der Waals surface area contributed by atoms with E-state index in [1.807, 2.05) is 25.7 Å². The Hall–Kier alpha value is -3.39. The summed E-state index contributed by atoms with van der Waals surface area (Å²) < 4.78 is 57.4. The van der Waals surface area contributed by atoms with Gasteiger partial charge in [0.05, 0.1) is 36.1 Å². The van der Waals surface area contributed by atoms with Crippen LogP contribution in [0.4, 0.5) is 29.7 Å². The number of fused-ring (bicyclic) bond motifs is 1. The Kier molecular flexibility index (Phi) is 8.15. The van der Waals surface area contributed by atoms with E-state index in [1.165, 1.54) is 24.5 Å². The Morgan fingerprint density at radius 1 is 1.12 bits per heavy atom. The summed E-state index contributed by atoms with van der Waals surface area (Å²) in [5, 5.41) is 3.90. The van der Waals surface area contributed by atoms with Gasteiger partial charge in [0.1, 0.15) is 22.0 Å². The molecule has 10 nitrogen and oxygen atoms in total. The van der Waals surface area contributed by atoms with Crippen molar-refractivity contribution in [2.45, 2.75) is 51.4 Å². The number of carbonyl (C=O) groups excluding carboxylic acids is 1. The lowest BCUT2D eigenvalue weighted by Crippen LogP contribution is -2.47. The smallest absolute Gasteiger partial charge is 0.416 e. The Bertz CT molecular complexity index is 1400. The first-order chi connectivity index (χ1) is 19.4. The van der Waals surface area contributed by atoms with E-state index in [0.29, 0.717) is 66.4 Å². The van der Waals surface area contributed by atoms with Crippen molar-refractivity contribution < 1.29 is 32.2 Å². The summed E-state index contributed by atoms with van der Waals surface area (Å²) in [6.45, 7) is 8.70. The monoisotopic (exact) mass is 594 g/mol. The van der Waals surface area contributed by atoms with E-state index < -0.39 is 17.3 Å². The van der Waals surface area contributed by atoms with E-state index in [1.54, 1.807) is 4.90 Å². The van der Waals surface area contributed by atoms with Crippen LogP contribution < -0.4 is 15.0 Å². The molecule has 2 fully saturated rings. The number of nitrogens with one attached hydrogen (secondary N) is 1. The number of likely N-dealkylation sites (tertiary alicyclic amines) is 1. The molecule has 0 radical (unpaired) electrons. The van der Waals surface area contributed by atoms with Crippen LogP contribution >= 0.6 is 11.3 Å². The zero-order chi connectivity index (χ0) is 29.4. The quantitative estimate of drug-likeness (QED) is 0.414. The number of amides is 1. The van der Waals surface area contributed by atoms with Gasteiger partial charge in [-0.05, 0) is 51.8 Å². The summed E-state index contributed by atoms with van der Waals surface area (Å²) in [4.78, 5) is 30.5. The minimum Gasteiger partial charge on any atom is -0.480 e. The van der Waals surface area contributed by atoms with Crippen LogP contribution in [0.15, 0.2) is 18.2 Å². The lowest BCUT2D eigenvalue weighted by molar-refractivity contribution is -0.137. The summed E-state index contributed by atoms with van der Waals surface area (Å²) in [5.74, 6) is 1.13. The van der Waals surface area contributed by atoms with Gasteiger partial charge in [-0.1, -0.05) is 0 Å². The van der Waals surface area contributed by atoms with E-state index in [4.69, 9.17) is 19.2 Å². The third-order valence-corrected chi connectivity index (χ3v) is 7.75. The zero-order valence-electron chi connectivity index (χ0n) is 23.4. The van der Waals surface area contributed by atoms with Gasteiger partial charge in [0.2, 0.25) is 11.8 Å². The van der Waals surface area contributed by atoms with Crippen LogP contribution in [0, 0.1) is 0 Å². The molecule has 222 valence electrons. The van der Waals surface area contributed by atoms with Gasteiger partial charge in [-0.3, -0.25) is 0 Å². The molecule has 2 aliphatic rings. The number of benzene rings is 1. The fourth-order valence-corrected chi connectivity index (χ4v) is 5.75. The first-order valence-electron chi connectivity index (χ1n) is 13.4. The molecule has 0 bridgehead atoms. The van der Waals surface area contributed by atoms with Crippen LogP contribution in [0.25, 0.3) is 20.8 Å². The number of halogens is 3. The van der Waals surface area contributed by atoms with Crippen LogP contribution in [0.1, 0.15) is 39.2 Å². The predicted molar refractivity (Wildman–Crippen MR) is 150 cm³/mol. The second-order valence-electron chi connectivity index (χ2n) is 11.0. The van der Waals surface area contributed by atoms with Crippen LogP contribution in [0.2, 0.25) is 0 Å². The Balaban J connectivity index is 1.53. The Labute approximate surface area is 239 Å². The molecule has 41 heavy (non-hydrogen) atoms. The van der Waals surface area contributed by atoms with Crippen LogP contribution in [0.5, 0.6) is 5.88 Å². The van der Waals surface area contributed by atoms with Crippen molar-refractivity contribution >= 4 is 39.4 Å². The van der Waals surface area contributed by atoms with E-state index >= 15 is 0 Å². The molecular weight excluding hydrogens is 561 g/mol. The van der Waals surface area contributed by atoms with Crippen molar-refractivity contribution in [2.24, 2.45) is 0 Å². The number of rotatable bonds is 5. The van der Waals surface area contributed by atoms with Gasteiger partial charge in [0.15, 0.2) is 0 Å². The minimum absolute atomic E-state index is 0.168. The number of alkyl halides is 3. The largest absolute Gasteiger partial charge is 0.480 e. The Morgan fingerprint density at radius 2 is 1.88 bits per heavy atom. The molecule has 1 amide bonds. The summed E-state index contributed by atoms with van der Waals surface area (Å²) in [6, 6.07) is 3.34. The summed E-state index contributed by atoms with van der Waals surface area (Å²) in [6.07, 6.45) is -3.34. The normalized spacial score (nSPS) is 18.5. The van der Waals surface area contributed by atoms with Gasteiger partial charge in [0.25, 0.3) is 0 Å². The SMILES string of the molecule is COc1nc(N2CCOCC2)nc(N[C@@H]2CCCN(C(=O)OC(C)(C)C)C2)c1-c1nc2cc(C(F)(F)F)ccc2s1. The van der Waals surface area contributed by atoms with Crippen molar-refractivity contribution in [3.05, 3.63) is 23.8 Å². The molecule has 3 aromatic rings. The van der Waals surface area contributed by atoms with E-state index in [-0.39, 0.29) is 23.5 Å². The van der Waals surface area contributed by atoms with Crippen molar-refractivity contribution in [1.29, 1.82) is 0 Å². The topological polar surface area (TPSA) is 102 Å². The molecule has 1 atom stereocenters. The fraction of sp³-hybridized carbons (Fsp3) is 0.556. The Morgan fingerprint density at radius 3 is 2.56 bits per heavy atom. The molecule has 1 N–H and O–H groups in total. The number of thiazole rings is 1. The highest BCUT2D eigenvalue weighted by Gasteiger charge is 2.32. The maximum absolute atomic E-state index is 13.4. The standard InChI is InChI=1S/C27H33F3N6O4S/c1-26(2,3)40-25(37)36-9-5-6-17(15-36)31-21-20(22(38-4)34-24(33-21)35-10-12-39-13-11-35)23-32-18-14-16(27(28,29)30)7-8-19(18)41-23/h7-8,14,17H,5-6,9-13,15H2,1-4H3,(H,31,33,34)/t17-/m1/s1. The van der Waals surface area contributed by atoms with Crippen molar-refractivity contribution in [2.75, 3.05) is 56.7 Å². The molecule has 1 aromatic carbocycles. The zero-order valence-corrected chi connectivity index (χ0v) is 24.2. The van der Waals surface area contributed by atoms with Crippen LogP contribution in [-0.4, -0.2) is 84.1 Å². The minimum atomic E-state index is -4.48. The molecule has 14 heteroatoms. The van der Waals surface area contributed by atoms with Gasteiger partial charge in [0, 0.05) is 32.2 Å². The number of hydrogen-bond donors (Lipinski definition) is 1. The summed E-state index contributed by atoms with van der Waals surface area (Å²) in [7, 11) is 1.48. The lowest BCUT2D eigenvalue weighted by atomic mass is 10.1. The molecule has 5 rings (SSSR count). The van der Waals surface area contributed by atoms with Gasteiger partial charge in [-0.2, -0.15) is 23.1 Å². The van der Waals surface area contributed by atoms with Crippen molar-refractivity contribution in [3.63, 3.8) is 0 Å². The third-order valence-electron chi connectivity index (χ3n) is 6.69. The van der Waals surface area contributed by atoms with Gasteiger partial charge in [-0.15, -0.1) is 11.3 Å². The van der Waals surface area contributed by atoms with Gasteiger partial charge >= 0.3 is 12.3 Å². The highest BCUT2D eigenvalue weighted by Crippen LogP contribution is 2.42. The number of methoxy groups -OCH3 is 1. The molecule has 4 heterocycles. The van der Waals surface area contributed by atoms with Gasteiger partial charge in [-0.25, -0.2) is 9.78 Å². The van der Waals surface area contributed by atoms with E-state index in [0.717, 1.165) is 25.0 Å². The predicted octanol–water partition coefficient (Wildman–Crippen LogP) is 5.43. The van der Waals surface area contributed by atoms with E-state index in [9.17, 15) is 18.0 Å². The molecule has 2 aliphatic heterocycles. The molecule has 0 spiro atoms. The van der Waals surface area contributed by atoms with Crippen LogP contribution in [0.3, 0.4) is 0 Å². The molecule has 0 saturated carbocycles. The first kappa shape index (κ1) is 29.1. The maximum Gasteiger partial charge on any atom is 0.416 e. The molecule has 2 aromatic heterocycles. The highest BCUT2D eigenvalue weighted by atomic mass is 32.1. The number of hydrogen-bond acceptors (Lipinski definition) is 10. The summed E-state index contributed by atoms with van der Waals surface area (Å²) >= 11 is 1.23. The molecule has 0 aliphatic carbocycles. The third kappa shape index (κ3) is 6.75. The van der Waals surface area contributed by atoms with Crippen molar-refractivity contribution in [1.82, 2.24) is 19.9 Å². The lowest BCUT2D eigenvalue weighted by Gasteiger charge is -2.35. The summed E-state index contributed by atoms with van der Waals surface area (Å²) in [5.41, 5.74) is -0.709. The van der Waals surface area contributed by atoms with Gasteiger partial charge < -0.3 is 29.3 Å². The average molecular weight is 595 g/mol.